The predicted molar refractivity (Wildman–Crippen MR) is 115 cm³/mol. The molecule has 8 nitrogen and oxygen atoms in total. The Hall–Kier alpha value is -3.49. The molecule has 2 rings (SSSR count). The molecule has 0 atom stereocenters. The standard InChI is InChI=1S/C22H26N2O6/c1-3-26-13-15-28-22(25)24-21-11-7-19(8-12-21)18-5-9-20(10-6-18)23-17-30-29-16-14-27-4-2/h3-12,23H,1-2,13-17H2,(H,24,25). The van der Waals surface area contributed by atoms with Crippen LogP contribution in [0.3, 0.4) is 0 Å². The molecule has 0 saturated heterocycles. The van der Waals surface area contributed by atoms with Crippen LogP contribution in [0.1, 0.15) is 0 Å². The molecular weight excluding hydrogens is 388 g/mol. The zero-order valence-electron chi connectivity index (χ0n) is 16.7. The van der Waals surface area contributed by atoms with E-state index >= 15 is 0 Å². The maximum atomic E-state index is 11.7. The lowest BCUT2D eigenvalue weighted by molar-refractivity contribution is -0.292. The first-order chi connectivity index (χ1) is 14.7. The summed E-state index contributed by atoms with van der Waals surface area (Å²) in [5.41, 5.74) is 3.59. The molecule has 0 aromatic heterocycles. The van der Waals surface area contributed by atoms with Gasteiger partial charge in [0.2, 0.25) is 0 Å². The third-order valence-electron chi connectivity index (χ3n) is 3.72. The lowest BCUT2D eigenvalue weighted by Crippen LogP contribution is -2.16. The highest BCUT2D eigenvalue weighted by molar-refractivity contribution is 5.85. The molecule has 0 bridgehead atoms. The number of nitrogens with one attached hydrogen (secondary N) is 2. The van der Waals surface area contributed by atoms with Gasteiger partial charge in [-0.05, 0) is 35.4 Å². The fraction of sp³-hybridized carbons (Fsp3) is 0.227. The van der Waals surface area contributed by atoms with Crippen LogP contribution in [-0.4, -0.2) is 39.3 Å². The van der Waals surface area contributed by atoms with E-state index in [2.05, 4.69) is 23.8 Å². The second-order valence-electron chi connectivity index (χ2n) is 5.75. The van der Waals surface area contributed by atoms with Gasteiger partial charge in [0.05, 0.1) is 12.5 Å². The van der Waals surface area contributed by atoms with Crippen LogP contribution < -0.4 is 10.6 Å². The van der Waals surface area contributed by atoms with E-state index in [-0.39, 0.29) is 19.9 Å². The molecule has 2 aromatic carbocycles. The average Bonchev–Trinajstić information content (AvgIpc) is 2.77. The zero-order chi connectivity index (χ0) is 21.4. The van der Waals surface area contributed by atoms with Gasteiger partial charge in [0, 0.05) is 11.4 Å². The second-order valence-corrected chi connectivity index (χ2v) is 5.75. The molecule has 30 heavy (non-hydrogen) atoms. The molecule has 160 valence electrons. The Labute approximate surface area is 176 Å². The number of carbonyl (C=O) groups is 1. The Morgan fingerprint density at radius 1 is 0.767 bits per heavy atom. The van der Waals surface area contributed by atoms with E-state index in [4.69, 9.17) is 24.0 Å². The highest BCUT2D eigenvalue weighted by Crippen LogP contribution is 2.23. The summed E-state index contributed by atoms with van der Waals surface area (Å²) >= 11 is 0. The minimum Gasteiger partial charge on any atom is -0.499 e. The zero-order valence-corrected chi connectivity index (χ0v) is 16.7. The van der Waals surface area contributed by atoms with Crippen LogP contribution in [0.5, 0.6) is 0 Å². The van der Waals surface area contributed by atoms with Gasteiger partial charge >= 0.3 is 6.09 Å². The number of carbonyl (C=O) groups excluding carboxylic acids is 1. The van der Waals surface area contributed by atoms with Crippen molar-refractivity contribution in [3.8, 4) is 11.1 Å². The smallest absolute Gasteiger partial charge is 0.411 e. The van der Waals surface area contributed by atoms with Crippen molar-refractivity contribution in [1.82, 2.24) is 0 Å². The number of amides is 1. The molecule has 0 radical (unpaired) electrons. The summed E-state index contributed by atoms with van der Waals surface area (Å²) in [7, 11) is 0. The normalized spacial score (nSPS) is 10.0. The summed E-state index contributed by atoms with van der Waals surface area (Å²) in [6, 6.07) is 15.3. The topological polar surface area (TPSA) is 87.3 Å². The molecule has 0 fully saturated rings. The largest absolute Gasteiger partial charge is 0.499 e. The SMILES string of the molecule is C=COCCOOCNc1ccc(-c2ccc(NC(=O)OCCOC=C)cc2)cc1. The summed E-state index contributed by atoms with van der Waals surface area (Å²) in [6.45, 7) is 8.18. The van der Waals surface area contributed by atoms with E-state index in [9.17, 15) is 4.79 Å². The maximum absolute atomic E-state index is 11.7. The van der Waals surface area contributed by atoms with Gasteiger partial charge in [-0.15, -0.1) is 0 Å². The molecule has 0 unspecified atom stereocenters. The van der Waals surface area contributed by atoms with Gasteiger partial charge < -0.3 is 19.5 Å². The van der Waals surface area contributed by atoms with Gasteiger partial charge in [0.25, 0.3) is 0 Å². The summed E-state index contributed by atoms with van der Waals surface area (Å²) in [5.74, 6) is 0. The quantitative estimate of drug-likeness (QED) is 0.154. The Bertz CT molecular complexity index is 777. The van der Waals surface area contributed by atoms with E-state index in [1.807, 2.05) is 48.5 Å². The Balaban J connectivity index is 1.74. The van der Waals surface area contributed by atoms with Gasteiger partial charge in [-0.2, -0.15) is 0 Å². The van der Waals surface area contributed by atoms with Crippen molar-refractivity contribution in [2.45, 2.75) is 0 Å². The number of anilines is 2. The fourth-order valence-corrected chi connectivity index (χ4v) is 2.33. The van der Waals surface area contributed by atoms with Crippen LogP contribution in [0, 0.1) is 0 Å². The summed E-state index contributed by atoms with van der Waals surface area (Å²) < 4.78 is 14.8. The number of hydrogen-bond donors (Lipinski definition) is 2. The highest BCUT2D eigenvalue weighted by Gasteiger charge is 2.04. The Kier molecular flexibility index (Phi) is 10.4. The molecule has 8 heteroatoms. The summed E-state index contributed by atoms with van der Waals surface area (Å²) in [4.78, 5) is 21.6. The highest BCUT2D eigenvalue weighted by atomic mass is 17.2. The van der Waals surface area contributed by atoms with Gasteiger partial charge in [0.1, 0.15) is 26.4 Å². The van der Waals surface area contributed by atoms with Crippen LogP contribution >= 0.6 is 0 Å². The molecule has 0 saturated carbocycles. The van der Waals surface area contributed by atoms with Crippen molar-refractivity contribution in [3.05, 3.63) is 74.2 Å². The fourth-order valence-electron chi connectivity index (χ4n) is 2.33. The summed E-state index contributed by atoms with van der Waals surface area (Å²) in [5, 5.41) is 5.75. The first-order valence-corrected chi connectivity index (χ1v) is 9.30. The molecule has 2 N–H and O–H groups in total. The molecule has 2 aromatic rings. The van der Waals surface area contributed by atoms with Gasteiger partial charge in [-0.25, -0.2) is 14.6 Å². The predicted octanol–water partition coefficient (Wildman–Crippen LogP) is 4.54. The average molecular weight is 414 g/mol. The first-order valence-electron chi connectivity index (χ1n) is 9.30. The van der Waals surface area contributed by atoms with Crippen molar-refractivity contribution >= 4 is 17.5 Å². The van der Waals surface area contributed by atoms with E-state index < -0.39 is 6.09 Å². The third kappa shape index (κ3) is 8.68. The minimum atomic E-state index is -0.537. The molecule has 0 aliphatic carbocycles. The Morgan fingerprint density at radius 3 is 1.93 bits per heavy atom. The van der Waals surface area contributed by atoms with Crippen LogP contribution in [0.25, 0.3) is 11.1 Å². The van der Waals surface area contributed by atoms with Crippen LogP contribution in [0.2, 0.25) is 0 Å². The number of ether oxygens (including phenoxy) is 3. The molecule has 0 heterocycles. The van der Waals surface area contributed by atoms with Crippen molar-refractivity contribution in [2.75, 3.05) is 43.8 Å². The van der Waals surface area contributed by atoms with Gasteiger partial charge in [0.15, 0.2) is 6.73 Å². The number of rotatable bonds is 14. The van der Waals surface area contributed by atoms with Gasteiger partial charge in [-0.1, -0.05) is 37.4 Å². The second kappa shape index (κ2) is 13.6. The molecular formula is C22H26N2O6. The van der Waals surface area contributed by atoms with Crippen molar-refractivity contribution in [2.24, 2.45) is 0 Å². The third-order valence-corrected chi connectivity index (χ3v) is 3.72. The Morgan fingerprint density at radius 2 is 1.33 bits per heavy atom. The number of hydrogen-bond acceptors (Lipinski definition) is 7. The molecule has 1 amide bonds. The van der Waals surface area contributed by atoms with Crippen molar-refractivity contribution < 1.29 is 28.8 Å². The van der Waals surface area contributed by atoms with E-state index in [1.165, 1.54) is 12.5 Å². The molecule has 0 aliphatic rings. The van der Waals surface area contributed by atoms with Crippen LogP contribution in [0.4, 0.5) is 16.2 Å². The van der Waals surface area contributed by atoms with E-state index in [0.29, 0.717) is 18.9 Å². The van der Waals surface area contributed by atoms with E-state index in [1.54, 1.807) is 0 Å². The van der Waals surface area contributed by atoms with Crippen molar-refractivity contribution in [3.63, 3.8) is 0 Å². The summed E-state index contributed by atoms with van der Waals surface area (Å²) in [6.07, 6.45) is 2.11. The first kappa shape index (κ1) is 22.8. The van der Waals surface area contributed by atoms with Gasteiger partial charge in [-0.3, -0.25) is 5.32 Å². The monoisotopic (exact) mass is 414 g/mol. The van der Waals surface area contributed by atoms with E-state index in [0.717, 1.165) is 16.8 Å². The lowest BCUT2D eigenvalue weighted by Gasteiger charge is -2.09. The van der Waals surface area contributed by atoms with Crippen LogP contribution in [-0.2, 0) is 24.0 Å². The minimum absolute atomic E-state index is 0.150. The van der Waals surface area contributed by atoms with Crippen LogP contribution in [0.15, 0.2) is 74.2 Å². The maximum Gasteiger partial charge on any atom is 0.411 e. The lowest BCUT2D eigenvalue weighted by atomic mass is 10.1. The van der Waals surface area contributed by atoms with Crippen molar-refractivity contribution in [1.29, 1.82) is 0 Å². The molecule has 0 spiro atoms. The molecule has 0 aliphatic heterocycles. The number of benzene rings is 2.